The molecule has 1 aromatic carbocycles. The van der Waals surface area contributed by atoms with E-state index in [4.69, 9.17) is 5.10 Å². The van der Waals surface area contributed by atoms with Gasteiger partial charge in [0.2, 0.25) is 0 Å². The quantitative estimate of drug-likeness (QED) is 0.520. The first-order chi connectivity index (χ1) is 15.7. The second kappa shape index (κ2) is 7.86. The highest BCUT2D eigenvalue weighted by Crippen LogP contribution is 2.36. The number of carbonyl (C=O) groups excluding carboxylic acids is 1. The van der Waals surface area contributed by atoms with Crippen LogP contribution in [0.2, 0.25) is 0 Å². The van der Waals surface area contributed by atoms with Crippen LogP contribution in [0.15, 0.2) is 36.5 Å². The van der Waals surface area contributed by atoms with E-state index in [0.717, 1.165) is 53.7 Å². The van der Waals surface area contributed by atoms with Gasteiger partial charge in [0.25, 0.3) is 0 Å². The van der Waals surface area contributed by atoms with E-state index >= 15 is 0 Å². The molecular weight excluding hydrogens is 438 g/mol. The van der Waals surface area contributed by atoms with Crippen LogP contribution < -0.4 is 5.32 Å². The lowest BCUT2D eigenvalue weighted by Crippen LogP contribution is -2.44. The van der Waals surface area contributed by atoms with Gasteiger partial charge in [0, 0.05) is 36.5 Å². The number of aromatic nitrogens is 3. The van der Waals surface area contributed by atoms with Crippen LogP contribution in [0.4, 0.5) is 28.0 Å². The predicted octanol–water partition coefficient (Wildman–Crippen LogP) is 5.03. The van der Waals surface area contributed by atoms with Gasteiger partial charge in [-0.1, -0.05) is 6.07 Å². The van der Waals surface area contributed by atoms with Crippen LogP contribution in [0, 0.1) is 5.82 Å². The highest BCUT2D eigenvalue weighted by molar-refractivity contribution is 5.90. The molecule has 1 atom stereocenters. The smallest absolute Gasteiger partial charge is 0.317 e. The van der Waals surface area contributed by atoms with Crippen LogP contribution >= 0.6 is 0 Å². The van der Waals surface area contributed by atoms with E-state index in [1.54, 1.807) is 11.1 Å². The van der Waals surface area contributed by atoms with Crippen LogP contribution in [0.25, 0.3) is 11.4 Å². The van der Waals surface area contributed by atoms with Gasteiger partial charge >= 0.3 is 12.2 Å². The van der Waals surface area contributed by atoms with E-state index in [9.17, 15) is 22.4 Å². The topological polar surface area (TPSA) is 63.1 Å². The molecule has 0 radical (unpaired) electrons. The molecule has 2 amide bonds. The van der Waals surface area contributed by atoms with Crippen molar-refractivity contribution in [3.05, 3.63) is 64.7 Å². The minimum absolute atomic E-state index is 0.118. The van der Waals surface area contributed by atoms with Crippen molar-refractivity contribution in [1.82, 2.24) is 19.7 Å². The zero-order chi connectivity index (χ0) is 23.3. The van der Waals surface area contributed by atoms with Crippen LogP contribution in [-0.4, -0.2) is 31.7 Å². The Hall–Kier alpha value is -3.43. The number of hydrogen-bond acceptors (Lipinski definition) is 3. The van der Waals surface area contributed by atoms with Gasteiger partial charge in [-0.25, -0.2) is 9.18 Å². The Morgan fingerprint density at radius 2 is 2.06 bits per heavy atom. The number of alkyl halides is 3. The van der Waals surface area contributed by atoms with Crippen molar-refractivity contribution in [3.63, 3.8) is 0 Å². The van der Waals surface area contributed by atoms with E-state index in [-0.39, 0.29) is 18.3 Å². The van der Waals surface area contributed by atoms with Crippen molar-refractivity contribution < 1.29 is 22.4 Å². The molecule has 33 heavy (non-hydrogen) atoms. The third-order valence-corrected chi connectivity index (χ3v) is 6.20. The summed E-state index contributed by atoms with van der Waals surface area (Å²) >= 11 is 0. The van der Waals surface area contributed by atoms with Crippen molar-refractivity contribution in [2.75, 3.05) is 5.32 Å². The van der Waals surface area contributed by atoms with Gasteiger partial charge in [-0.2, -0.15) is 18.3 Å². The van der Waals surface area contributed by atoms with Crippen LogP contribution in [0.3, 0.4) is 0 Å². The lowest BCUT2D eigenvalue weighted by Gasteiger charge is -2.33. The number of hydrogen-bond donors (Lipinski definition) is 1. The Morgan fingerprint density at radius 1 is 1.24 bits per heavy atom. The standard InChI is InChI=1S/C23H21F4N5O/c1-13-10-19-16(21-20-14(4-2-8-28-20)5-3-9-32(21)30-19)12-31(13)22(33)29-15-6-7-18(24)17(11-15)23(25,26)27/h2,4,6-8,11,13H,3,5,9-10,12H2,1H3,(H,29,33)/t13-/m1/s1. The number of carbonyl (C=O) groups is 1. The molecule has 10 heteroatoms. The molecule has 2 aliphatic rings. The Bertz CT molecular complexity index is 1240. The summed E-state index contributed by atoms with van der Waals surface area (Å²) in [5.74, 6) is -1.38. The molecule has 0 aliphatic carbocycles. The second-order valence-corrected chi connectivity index (χ2v) is 8.42. The number of anilines is 1. The molecule has 6 nitrogen and oxygen atoms in total. The van der Waals surface area contributed by atoms with Crippen molar-refractivity contribution in [1.29, 1.82) is 0 Å². The Morgan fingerprint density at radius 3 is 2.85 bits per heavy atom. The van der Waals surface area contributed by atoms with E-state index in [0.29, 0.717) is 18.6 Å². The number of urea groups is 1. The number of nitrogens with zero attached hydrogens (tertiary/aromatic N) is 4. The van der Waals surface area contributed by atoms with Crippen molar-refractivity contribution in [2.45, 2.75) is 51.5 Å². The lowest BCUT2D eigenvalue weighted by molar-refractivity contribution is -0.139. The van der Waals surface area contributed by atoms with Gasteiger partial charge in [0.05, 0.1) is 29.2 Å². The monoisotopic (exact) mass is 459 g/mol. The zero-order valence-electron chi connectivity index (χ0n) is 17.8. The van der Waals surface area contributed by atoms with Crippen LogP contribution in [0.5, 0.6) is 0 Å². The Balaban J connectivity index is 1.45. The lowest BCUT2D eigenvalue weighted by atomic mass is 9.97. The van der Waals surface area contributed by atoms with Crippen LogP contribution in [-0.2, 0) is 32.1 Å². The third kappa shape index (κ3) is 3.83. The Kier molecular flexibility index (Phi) is 5.10. The average molecular weight is 459 g/mol. The van der Waals surface area contributed by atoms with Gasteiger partial charge in [0.15, 0.2) is 0 Å². The maximum atomic E-state index is 13.6. The minimum atomic E-state index is -4.85. The van der Waals surface area contributed by atoms with Gasteiger partial charge in [-0.15, -0.1) is 0 Å². The van der Waals surface area contributed by atoms with Gasteiger partial charge in [0.1, 0.15) is 5.82 Å². The SMILES string of the molecule is C[C@@H]1Cc2nn3c(c2CN1C(=O)Nc1ccc(F)c(C(F)(F)F)c1)-c1ncccc1CCC3. The molecule has 5 rings (SSSR count). The van der Waals surface area contributed by atoms with Gasteiger partial charge in [-0.05, 0) is 49.6 Å². The molecule has 0 bridgehead atoms. The molecule has 2 aromatic heterocycles. The highest BCUT2D eigenvalue weighted by Gasteiger charge is 2.36. The van der Waals surface area contributed by atoms with Crippen molar-refractivity contribution >= 4 is 11.7 Å². The molecular formula is C23H21F4N5O. The molecule has 0 fully saturated rings. The maximum absolute atomic E-state index is 13.6. The summed E-state index contributed by atoms with van der Waals surface area (Å²) in [5, 5.41) is 7.27. The van der Waals surface area contributed by atoms with Crippen LogP contribution in [0.1, 0.15) is 35.7 Å². The number of rotatable bonds is 1. The van der Waals surface area contributed by atoms with E-state index in [1.165, 1.54) is 0 Å². The number of halogens is 4. The number of fused-ring (bicyclic) bond motifs is 5. The van der Waals surface area contributed by atoms with E-state index in [1.807, 2.05) is 23.7 Å². The molecule has 0 saturated heterocycles. The summed E-state index contributed by atoms with van der Waals surface area (Å²) in [6.07, 6.45) is -0.793. The summed E-state index contributed by atoms with van der Waals surface area (Å²) in [7, 11) is 0. The Labute approximate surface area is 187 Å². The molecule has 0 unspecified atom stereocenters. The predicted molar refractivity (Wildman–Crippen MR) is 113 cm³/mol. The van der Waals surface area contributed by atoms with Crippen molar-refractivity contribution in [2.24, 2.45) is 0 Å². The number of benzene rings is 1. The molecule has 3 aromatic rings. The third-order valence-electron chi connectivity index (χ3n) is 6.20. The van der Waals surface area contributed by atoms with Gasteiger partial charge < -0.3 is 10.2 Å². The summed E-state index contributed by atoms with van der Waals surface area (Å²) in [6.45, 7) is 2.86. The first-order valence-corrected chi connectivity index (χ1v) is 10.7. The van der Waals surface area contributed by atoms with E-state index < -0.39 is 23.6 Å². The molecule has 2 aliphatic heterocycles. The second-order valence-electron chi connectivity index (χ2n) is 8.42. The minimum Gasteiger partial charge on any atom is -0.317 e. The normalized spacial score (nSPS) is 17.6. The molecule has 1 N–H and O–H groups in total. The molecule has 0 saturated carbocycles. The zero-order valence-corrected chi connectivity index (χ0v) is 17.8. The van der Waals surface area contributed by atoms with Gasteiger partial charge in [-0.3, -0.25) is 9.67 Å². The number of amides is 2. The molecule has 0 spiro atoms. The first-order valence-electron chi connectivity index (χ1n) is 10.7. The summed E-state index contributed by atoms with van der Waals surface area (Å²) in [4.78, 5) is 19.2. The summed E-state index contributed by atoms with van der Waals surface area (Å²) in [5.41, 5.74) is 3.14. The van der Waals surface area contributed by atoms with Crippen molar-refractivity contribution in [3.8, 4) is 11.4 Å². The summed E-state index contributed by atoms with van der Waals surface area (Å²) in [6, 6.07) is 5.60. The largest absolute Gasteiger partial charge is 0.419 e. The summed E-state index contributed by atoms with van der Waals surface area (Å²) < 4.78 is 54.7. The number of aryl methyl sites for hydroxylation is 2. The number of nitrogens with one attached hydrogen (secondary N) is 1. The average Bonchev–Trinajstić information content (AvgIpc) is 3.00. The first kappa shape index (κ1) is 21.4. The molecule has 4 heterocycles. The maximum Gasteiger partial charge on any atom is 0.419 e. The fourth-order valence-electron chi connectivity index (χ4n) is 4.58. The molecule has 172 valence electrons. The highest BCUT2D eigenvalue weighted by atomic mass is 19.4. The fraction of sp³-hybridized carbons (Fsp3) is 0.348. The fourth-order valence-corrected chi connectivity index (χ4v) is 4.58. The number of pyridine rings is 1. The van der Waals surface area contributed by atoms with E-state index in [2.05, 4.69) is 10.3 Å².